The predicted octanol–water partition coefficient (Wildman–Crippen LogP) is 4.26. The van der Waals surface area contributed by atoms with E-state index in [9.17, 15) is 9.59 Å². The number of hydrogen-bond acceptors (Lipinski definition) is 3. The minimum absolute atomic E-state index is 0.207. The van der Waals surface area contributed by atoms with Crippen molar-refractivity contribution in [1.82, 2.24) is 0 Å². The molecule has 4 nitrogen and oxygen atoms in total. The Labute approximate surface area is 145 Å². The molecule has 5 heteroatoms. The summed E-state index contributed by atoms with van der Waals surface area (Å²) in [6, 6.07) is 10.6. The van der Waals surface area contributed by atoms with Gasteiger partial charge in [0.15, 0.2) is 0 Å². The molecule has 2 aromatic carbocycles. The van der Waals surface area contributed by atoms with Gasteiger partial charge in [-0.15, -0.1) is 0 Å². The van der Waals surface area contributed by atoms with Crippen molar-refractivity contribution in [1.29, 1.82) is 0 Å². The zero-order valence-electron chi connectivity index (χ0n) is 13.4. The summed E-state index contributed by atoms with van der Waals surface area (Å²) in [6.45, 7) is 0. The molecule has 1 aliphatic rings. The highest BCUT2D eigenvalue weighted by Crippen LogP contribution is 2.24. The van der Waals surface area contributed by atoms with Crippen LogP contribution in [0.5, 0.6) is 0 Å². The fraction of sp³-hybridized carbons (Fsp3) is 0.263. The molecule has 0 atom stereocenters. The van der Waals surface area contributed by atoms with Crippen molar-refractivity contribution in [2.75, 3.05) is 12.4 Å². The van der Waals surface area contributed by atoms with E-state index in [0.717, 1.165) is 19.3 Å². The molecule has 0 fully saturated rings. The second-order valence-electron chi connectivity index (χ2n) is 5.83. The van der Waals surface area contributed by atoms with Crippen LogP contribution < -0.4 is 5.32 Å². The lowest BCUT2D eigenvalue weighted by Gasteiger charge is -2.16. The van der Waals surface area contributed by atoms with Crippen molar-refractivity contribution in [2.24, 2.45) is 0 Å². The molecule has 1 aliphatic carbocycles. The van der Waals surface area contributed by atoms with Crippen LogP contribution in [0.25, 0.3) is 0 Å². The number of hydrogen-bond donors (Lipinski definition) is 1. The Hall–Kier alpha value is -2.33. The second-order valence-corrected chi connectivity index (χ2v) is 6.24. The lowest BCUT2D eigenvalue weighted by atomic mass is 9.90. The molecule has 1 amide bonds. The molecule has 3 rings (SSSR count). The Morgan fingerprint density at radius 1 is 1.04 bits per heavy atom. The minimum atomic E-state index is -0.537. The van der Waals surface area contributed by atoms with Crippen LogP contribution in [0, 0.1) is 0 Å². The van der Waals surface area contributed by atoms with Gasteiger partial charge >= 0.3 is 5.97 Å². The van der Waals surface area contributed by atoms with Crippen molar-refractivity contribution in [3.8, 4) is 0 Å². The van der Waals surface area contributed by atoms with Gasteiger partial charge < -0.3 is 10.1 Å². The van der Waals surface area contributed by atoms with Crippen LogP contribution in [0.3, 0.4) is 0 Å². The number of benzene rings is 2. The maximum absolute atomic E-state index is 12.5. The van der Waals surface area contributed by atoms with Crippen molar-refractivity contribution >= 4 is 29.2 Å². The topological polar surface area (TPSA) is 55.4 Å². The van der Waals surface area contributed by atoms with E-state index in [0.29, 0.717) is 11.3 Å². The van der Waals surface area contributed by atoms with Crippen molar-refractivity contribution in [3.05, 3.63) is 63.7 Å². The van der Waals surface area contributed by atoms with Crippen molar-refractivity contribution in [2.45, 2.75) is 25.7 Å². The van der Waals surface area contributed by atoms with Gasteiger partial charge in [-0.3, -0.25) is 4.79 Å². The third kappa shape index (κ3) is 3.44. The van der Waals surface area contributed by atoms with Crippen LogP contribution >= 0.6 is 11.6 Å². The minimum Gasteiger partial charge on any atom is -0.465 e. The summed E-state index contributed by atoms with van der Waals surface area (Å²) < 4.78 is 4.69. The summed E-state index contributed by atoms with van der Waals surface area (Å²) in [5, 5.41) is 3.09. The van der Waals surface area contributed by atoms with Gasteiger partial charge in [0.1, 0.15) is 0 Å². The molecule has 0 bridgehead atoms. The third-order valence-corrected chi connectivity index (χ3v) is 4.57. The first-order valence-electron chi connectivity index (χ1n) is 7.89. The molecule has 0 heterocycles. The Morgan fingerprint density at radius 3 is 2.54 bits per heavy atom. The molecule has 2 aromatic rings. The van der Waals surface area contributed by atoms with E-state index in [1.807, 2.05) is 18.2 Å². The number of esters is 1. The van der Waals surface area contributed by atoms with Crippen LogP contribution in [0.1, 0.15) is 44.7 Å². The summed E-state index contributed by atoms with van der Waals surface area (Å²) in [4.78, 5) is 24.2. The van der Waals surface area contributed by atoms with Crippen LogP contribution in [0.4, 0.5) is 5.69 Å². The van der Waals surface area contributed by atoms with Crippen LogP contribution in [-0.4, -0.2) is 19.0 Å². The maximum atomic E-state index is 12.5. The van der Waals surface area contributed by atoms with Gasteiger partial charge in [0, 0.05) is 11.3 Å². The quantitative estimate of drug-likeness (QED) is 0.847. The number of aryl methyl sites for hydroxylation is 2. The monoisotopic (exact) mass is 343 g/mol. The van der Waals surface area contributed by atoms with Crippen molar-refractivity contribution < 1.29 is 14.3 Å². The van der Waals surface area contributed by atoms with Gasteiger partial charge in [0.05, 0.1) is 17.7 Å². The maximum Gasteiger partial charge on any atom is 0.339 e. The fourth-order valence-electron chi connectivity index (χ4n) is 2.95. The molecule has 0 saturated carbocycles. The molecule has 0 saturated heterocycles. The smallest absolute Gasteiger partial charge is 0.339 e. The number of carbonyl (C=O) groups excluding carboxylic acids is 2. The van der Waals surface area contributed by atoms with E-state index in [1.165, 1.54) is 30.7 Å². The van der Waals surface area contributed by atoms with Crippen LogP contribution in [-0.2, 0) is 17.6 Å². The Morgan fingerprint density at radius 2 is 1.79 bits per heavy atom. The lowest BCUT2D eigenvalue weighted by molar-refractivity contribution is 0.0600. The SMILES string of the molecule is COC(=O)c1cc(NC(=O)c2ccc3c(c2)CCCC3)ccc1Cl. The predicted molar refractivity (Wildman–Crippen MR) is 93.8 cm³/mol. The molecule has 0 spiro atoms. The molecular formula is C19H18ClNO3. The number of carbonyl (C=O) groups is 2. The Bertz CT molecular complexity index is 801. The summed E-state index contributed by atoms with van der Waals surface area (Å²) in [6.07, 6.45) is 4.47. The molecule has 124 valence electrons. The molecule has 0 aromatic heterocycles. The molecule has 0 radical (unpaired) electrons. The zero-order chi connectivity index (χ0) is 17.1. The standard InChI is InChI=1S/C19H18ClNO3/c1-24-19(23)16-11-15(8-9-17(16)20)21-18(22)14-7-6-12-4-2-3-5-13(12)10-14/h6-11H,2-5H2,1H3,(H,21,22). The Balaban J connectivity index is 1.81. The first-order valence-corrected chi connectivity index (χ1v) is 8.27. The molecule has 0 unspecified atom stereocenters. The largest absolute Gasteiger partial charge is 0.465 e. The molecule has 24 heavy (non-hydrogen) atoms. The number of nitrogens with one attached hydrogen (secondary N) is 1. The molecular weight excluding hydrogens is 326 g/mol. The fourth-order valence-corrected chi connectivity index (χ4v) is 3.14. The van der Waals surface area contributed by atoms with Gasteiger partial charge in [-0.25, -0.2) is 4.79 Å². The number of rotatable bonds is 3. The average Bonchev–Trinajstić information content (AvgIpc) is 2.62. The van der Waals surface area contributed by atoms with Crippen LogP contribution in [0.2, 0.25) is 5.02 Å². The molecule has 0 aliphatic heterocycles. The van der Waals surface area contributed by atoms with Crippen molar-refractivity contribution in [3.63, 3.8) is 0 Å². The summed E-state index contributed by atoms with van der Waals surface area (Å²) in [7, 11) is 1.29. The second kappa shape index (κ2) is 7.05. The Kier molecular flexibility index (Phi) is 4.86. The highest BCUT2D eigenvalue weighted by molar-refractivity contribution is 6.33. The molecule has 1 N–H and O–H groups in total. The zero-order valence-corrected chi connectivity index (χ0v) is 14.2. The van der Waals surface area contributed by atoms with E-state index < -0.39 is 5.97 Å². The number of ether oxygens (including phenoxy) is 1. The highest BCUT2D eigenvalue weighted by atomic mass is 35.5. The van der Waals surface area contributed by atoms with E-state index in [-0.39, 0.29) is 16.5 Å². The first kappa shape index (κ1) is 16.5. The summed E-state index contributed by atoms with van der Waals surface area (Å²) in [5.74, 6) is -0.744. The van der Waals surface area contributed by atoms with E-state index >= 15 is 0 Å². The van der Waals surface area contributed by atoms with E-state index in [1.54, 1.807) is 12.1 Å². The van der Waals surface area contributed by atoms with Gasteiger partial charge in [-0.05, 0) is 67.1 Å². The third-order valence-electron chi connectivity index (χ3n) is 4.24. The van der Waals surface area contributed by atoms with Crippen LogP contribution in [0.15, 0.2) is 36.4 Å². The van der Waals surface area contributed by atoms with Gasteiger partial charge in [0.25, 0.3) is 5.91 Å². The first-order chi connectivity index (χ1) is 11.6. The van der Waals surface area contributed by atoms with Gasteiger partial charge in [0.2, 0.25) is 0 Å². The number of fused-ring (bicyclic) bond motifs is 1. The summed E-state index contributed by atoms with van der Waals surface area (Å²) in [5.41, 5.74) is 3.92. The summed E-state index contributed by atoms with van der Waals surface area (Å²) >= 11 is 5.99. The van der Waals surface area contributed by atoms with Gasteiger partial charge in [-0.1, -0.05) is 17.7 Å². The number of anilines is 1. The normalized spacial score (nSPS) is 13.1. The number of amides is 1. The number of halogens is 1. The van der Waals surface area contributed by atoms with E-state index in [4.69, 9.17) is 11.6 Å². The number of methoxy groups -OCH3 is 1. The highest BCUT2D eigenvalue weighted by Gasteiger charge is 2.15. The van der Waals surface area contributed by atoms with Gasteiger partial charge in [-0.2, -0.15) is 0 Å². The average molecular weight is 344 g/mol. The van der Waals surface area contributed by atoms with E-state index in [2.05, 4.69) is 10.1 Å². The lowest BCUT2D eigenvalue weighted by Crippen LogP contribution is -2.14.